The van der Waals surface area contributed by atoms with Crippen LogP contribution < -0.4 is 0 Å². The van der Waals surface area contributed by atoms with Crippen molar-refractivity contribution >= 4 is 21.8 Å². The predicted molar refractivity (Wildman–Crippen MR) is 274 cm³/mol. The summed E-state index contributed by atoms with van der Waals surface area (Å²) in [5.41, 5.74) is 25.4. The van der Waals surface area contributed by atoms with Crippen LogP contribution in [0.1, 0.15) is 69.8 Å². The second-order valence-corrected chi connectivity index (χ2v) is 19.1. The van der Waals surface area contributed by atoms with Crippen LogP contribution in [0.5, 0.6) is 0 Å². The topological polar surface area (TPSA) is 4.93 Å². The molecule has 0 fully saturated rings. The van der Waals surface area contributed by atoms with Gasteiger partial charge in [0.25, 0.3) is 0 Å². The van der Waals surface area contributed by atoms with Gasteiger partial charge < -0.3 is 4.57 Å². The molecule has 2 aliphatic carbocycles. The molecule has 3 aliphatic rings. The van der Waals surface area contributed by atoms with Crippen molar-refractivity contribution in [1.82, 2.24) is 4.57 Å². The van der Waals surface area contributed by atoms with E-state index in [4.69, 9.17) is 0 Å². The third kappa shape index (κ3) is 4.95. The number of hydrogen-bond donors (Lipinski definition) is 0. The number of fused-ring (bicyclic) bond motifs is 15. The van der Waals surface area contributed by atoms with E-state index in [1.165, 1.54) is 122 Å². The van der Waals surface area contributed by atoms with Crippen molar-refractivity contribution in [2.75, 3.05) is 0 Å². The summed E-state index contributed by atoms with van der Waals surface area (Å²) in [6.45, 7) is 4.74. The standard InChI is InChI=1S/C65H45N/c1-64(2)54-25-11-8-21-48(54)53-39-45(36-38-55(53)64)62(43-33-31-42(32-34-43)41-17-4-3-5-18-41)51-23-7-6-19-46(51)44-35-37-49-47-20-9-12-26-56(47)65(59(49)40-44)57-27-13-15-30-61(57)66-60-29-14-10-22-50(60)52-24-16-28-58(65)63(52)66/h3-40,62H,1-2H3/t62-,65?/m0/s1. The Hall–Kier alpha value is -8.00. The van der Waals surface area contributed by atoms with Crippen LogP contribution in [0.25, 0.3) is 72.0 Å². The molecule has 2 heterocycles. The molecule has 10 aromatic carbocycles. The third-order valence-corrected chi connectivity index (χ3v) is 15.6. The monoisotopic (exact) mass is 839 g/mol. The van der Waals surface area contributed by atoms with Gasteiger partial charge in [-0.1, -0.05) is 220 Å². The molecule has 14 rings (SSSR count). The molecule has 0 saturated carbocycles. The van der Waals surface area contributed by atoms with Gasteiger partial charge in [-0.3, -0.25) is 0 Å². The van der Waals surface area contributed by atoms with Gasteiger partial charge in [-0.25, -0.2) is 0 Å². The first-order chi connectivity index (χ1) is 32.5. The van der Waals surface area contributed by atoms with Gasteiger partial charge in [0.2, 0.25) is 0 Å². The molecule has 0 bridgehead atoms. The van der Waals surface area contributed by atoms with Crippen LogP contribution in [0.15, 0.2) is 231 Å². The fourth-order valence-corrected chi connectivity index (χ4v) is 12.7. The highest BCUT2D eigenvalue weighted by atomic mass is 15.0. The van der Waals surface area contributed by atoms with Crippen LogP contribution in [-0.2, 0) is 10.8 Å². The highest BCUT2D eigenvalue weighted by Crippen LogP contribution is 2.61. The molecule has 0 amide bonds. The largest absolute Gasteiger partial charge is 0.309 e. The lowest BCUT2D eigenvalue weighted by Gasteiger charge is -2.39. The normalized spacial score (nSPS) is 16.2. The number of aromatic nitrogens is 1. The van der Waals surface area contributed by atoms with Crippen molar-refractivity contribution in [3.63, 3.8) is 0 Å². The number of rotatable bonds is 5. The minimum absolute atomic E-state index is 0.0218. The van der Waals surface area contributed by atoms with E-state index < -0.39 is 5.41 Å². The maximum atomic E-state index is 2.55. The molecule has 11 aromatic rings. The van der Waals surface area contributed by atoms with Gasteiger partial charge in [-0.05, 0) is 119 Å². The Morgan fingerprint density at radius 3 is 1.76 bits per heavy atom. The Labute approximate surface area is 385 Å². The van der Waals surface area contributed by atoms with Crippen LogP contribution >= 0.6 is 0 Å². The highest BCUT2D eigenvalue weighted by Gasteiger charge is 2.51. The van der Waals surface area contributed by atoms with Crippen LogP contribution in [0, 0.1) is 0 Å². The Morgan fingerprint density at radius 1 is 0.348 bits per heavy atom. The van der Waals surface area contributed by atoms with Crippen molar-refractivity contribution in [3.05, 3.63) is 281 Å². The van der Waals surface area contributed by atoms with Crippen molar-refractivity contribution in [1.29, 1.82) is 0 Å². The summed E-state index contributed by atoms with van der Waals surface area (Å²) in [5, 5.41) is 2.59. The van der Waals surface area contributed by atoms with Crippen LogP contribution in [-0.4, -0.2) is 4.57 Å². The van der Waals surface area contributed by atoms with E-state index in [9.17, 15) is 0 Å². The maximum Gasteiger partial charge on any atom is 0.0754 e. The number of hydrogen-bond acceptors (Lipinski definition) is 0. The van der Waals surface area contributed by atoms with E-state index in [0.29, 0.717) is 0 Å². The molecule has 1 aliphatic heterocycles. The lowest BCUT2D eigenvalue weighted by Crippen LogP contribution is -2.33. The molecule has 1 spiro atoms. The summed E-state index contributed by atoms with van der Waals surface area (Å²) >= 11 is 0. The predicted octanol–water partition coefficient (Wildman–Crippen LogP) is 16.3. The van der Waals surface area contributed by atoms with Crippen LogP contribution in [0.4, 0.5) is 0 Å². The van der Waals surface area contributed by atoms with E-state index in [1.54, 1.807) is 0 Å². The molecule has 1 nitrogen and oxygen atoms in total. The lowest BCUT2D eigenvalue weighted by atomic mass is 9.65. The zero-order chi connectivity index (χ0) is 43.7. The zero-order valence-corrected chi connectivity index (χ0v) is 37.0. The van der Waals surface area contributed by atoms with Gasteiger partial charge in [-0.2, -0.15) is 0 Å². The summed E-state index contributed by atoms with van der Waals surface area (Å²) in [4.78, 5) is 0. The zero-order valence-electron chi connectivity index (χ0n) is 37.0. The average Bonchev–Trinajstić information content (AvgIpc) is 3.95. The molecule has 1 unspecified atom stereocenters. The Bertz CT molecular complexity index is 3790. The van der Waals surface area contributed by atoms with Gasteiger partial charge in [0.15, 0.2) is 0 Å². The molecule has 0 radical (unpaired) electrons. The quantitative estimate of drug-likeness (QED) is 0.152. The van der Waals surface area contributed by atoms with E-state index in [2.05, 4.69) is 249 Å². The Kier molecular flexibility index (Phi) is 7.79. The number of para-hydroxylation sites is 3. The summed E-state index contributed by atoms with van der Waals surface area (Å²) in [6, 6.07) is 87.2. The second-order valence-electron chi connectivity index (χ2n) is 19.1. The van der Waals surface area contributed by atoms with Gasteiger partial charge in [0.1, 0.15) is 0 Å². The fraction of sp³-hybridized carbons (Fsp3) is 0.0769. The molecule has 0 N–H and O–H groups in total. The first-order valence-electron chi connectivity index (χ1n) is 23.4. The summed E-state index contributed by atoms with van der Waals surface area (Å²) in [5.74, 6) is -0.0218. The van der Waals surface area contributed by atoms with Crippen LogP contribution in [0.3, 0.4) is 0 Å². The van der Waals surface area contributed by atoms with Crippen molar-refractivity contribution in [2.24, 2.45) is 0 Å². The molecule has 0 saturated heterocycles. The Morgan fingerprint density at radius 2 is 0.924 bits per heavy atom. The summed E-state index contributed by atoms with van der Waals surface area (Å²) in [6.07, 6.45) is 0. The van der Waals surface area contributed by atoms with Gasteiger partial charge in [0.05, 0.1) is 22.1 Å². The van der Waals surface area contributed by atoms with E-state index in [1.807, 2.05) is 0 Å². The molecule has 66 heavy (non-hydrogen) atoms. The van der Waals surface area contributed by atoms with Gasteiger partial charge in [0, 0.05) is 22.1 Å². The fourth-order valence-electron chi connectivity index (χ4n) is 12.7. The number of benzene rings is 10. The third-order valence-electron chi connectivity index (χ3n) is 15.6. The average molecular weight is 840 g/mol. The smallest absolute Gasteiger partial charge is 0.0754 e. The SMILES string of the molecule is CC1(C)c2ccccc2-c2cc([C@H](c3ccc(-c4ccccc4)cc3)c3ccccc3-c3ccc4c(c3)C3(c5ccccc5-4)c4ccccc4-n4c5ccccc5c5cccc3c54)ccc21. The molecule has 1 aromatic heterocycles. The first-order valence-corrected chi connectivity index (χ1v) is 23.4. The van der Waals surface area contributed by atoms with Gasteiger partial charge in [-0.15, -0.1) is 0 Å². The lowest BCUT2D eigenvalue weighted by molar-refractivity contribution is 0.660. The molecule has 310 valence electrons. The Balaban J connectivity index is 1.01. The molecule has 1 heteroatoms. The van der Waals surface area contributed by atoms with E-state index in [0.717, 1.165) is 0 Å². The van der Waals surface area contributed by atoms with Crippen molar-refractivity contribution in [3.8, 4) is 50.2 Å². The number of nitrogens with zero attached hydrogens (tertiary/aromatic N) is 1. The highest BCUT2D eigenvalue weighted by molar-refractivity contribution is 6.13. The van der Waals surface area contributed by atoms with Crippen molar-refractivity contribution in [2.45, 2.75) is 30.6 Å². The molecular formula is C65H45N. The maximum absolute atomic E-state index is 2.55. The second kappa shape index (κ2) is 13.8. The minimum atomic E-state index is -0.524. The van der Waals surface area contributed by atoms with Crippen LogP contribution in [0.2, 0.25) is 0 Å². The van der Waals surface area contributed by atoms with Crippen molar-refractivity contribution < 1.29 is 0 Å². The van der Waals surface area contributed by atoms with E-state index >= 15 is 0 Å². The first kappa shape index (κ1) is 37.4. The molecule has 2 atom stereocenters. The van der Waals surface area contributed by atoms with Gasteiger partial charge >= 0.3 is 0 Å². The summed E-state index contributed by atoms with van der Waals surface area (Å²) in [7, 11) is 0. The minimum Gasteiger partial charge on any atom is -0.309 e. The summed E-state index contributed by atoms with van der Waals surface area (Å²) < 4.78 is 2.53. The molecular weight excluding hydrogens is 795 g/mol. The van der Waals surface area contributed by atoms with E-state index in [-0.39, 0.29) is 11.3 Å².